The molecule has 8 heteroatoms. The summed E-state index contributed by atoms with van der Waals surface area (Å²) in [7, 11) is -3.63. The van der Waals surface area contributed by atoms with Gasteiger partial charge in [-0.2, -0.15) is 8.42 Å². The molecule has 1 aliphatic heterocycles. The van der Waals surface area contributed by atoms with Crippen molar-refractivity contribution >= 4 is 16.2 Å². The van der Waals surface area contributed by atoms with Crippen LogP contribution in [0, 0.1) is 5.92 Å². The van der Waals surface area contributed by atoms with Gasteiger partial charge in [-0.15, -0.1) is 0 Å². The predicted molar refractivity (Wildman–Crippen MR) is 84.6 cm³/mol. The van der Waals surface area contributed by atoms with Crippen LogP contribution in [0.25, 0.3) is 0 Å². The van der Waals surface area contributed by atoms with Crippen LogP contribution in [-0.2, 0) is 23.8 Å². The molecule has 23 heavy (non-hydrogen) atoms. The number of rotatable bonds is 4. The van der Waals surface area contributed by atoms with Crippen LogP contribution in [0.5, 0.6) is 0 Å². The zero-order valence-electron chi connectivity index (χ0n) is 14.2. The molecule has 134 valence electrons. The molecular weight excluding hydrogens is 322 g/mol. The first-order valence-corrected chi connectivity index (χ1v) is 9.86. The summed E-state index contributed by atoms with van der Waals surface area (Å²) in [5.41, 5.74) is -0.625. The molecule has 1 unspecified atom stereocenters. The van der Waals surface area contributed by atoms with Gasteiger partial charge in [0.25, 0.3) is 10.1 Å². The summed E-state index contributed by atoms with van der Waals surface area (Å²) in [4.78, 5) is 12.1. The molecule has 7 nitrogen and oxygen atoms in total. The summed E-state index contributed by atoms with van der Waals surface area (Å²) in [6.07, 6.45) is 3.74. The smallest absolute Gasteiger partial charge is 0.408 e. The minimum absolute atomic E-state index is 0.148. The second kappa shape index (κ2) is 6.94. The molecule has 0 aromatic carbocycles. The van der Waals surface area contributed by atoms with Gasteiger partial charge in [-0.25, -0.2) is 4.79 Å². The molecule has 2 rings (SSSR count). The van der Waals surface area contributed by atoms with E-state index in [2.05, 4.69) is 5.32 Å². The molecular formula is C15H27NO6S. The number of nitrogens with one attached hydrogen (secondary N) is 1. The maximum atomic E-state index is 12.1. The zero-order chi connectivity index (χ0) is 17.3. The lowest BCUT2D eigenvalue weighted by atomic mass is 9.94. The van der Waals surface area contributed by atoms with Gasteiger partial charge in [0.05, 0.1) is 25.0 Å². The molecule has 0 spiro atoms. The van der Waals surface area contributed by atoms with Crippen molar-refractivity contribution in [2.75, 3.05) is 12.9 Å². The second-order valence-corrected chi connectivity index (χ2v) is 8.95. The van der Waals surface area contributed by atoms with Crippen molar-refractivity contribution in [2.45, 2.75) is 70.3 Å². The molecule has 1 saturated heterocycles. The Labute approximate surface area is 138 Å². The number of alkyl carbamates (subject to hydrolysis) is 1. The fourth-order valence-electron chi connectivity index (χ4n) is 3.27. The number of hydrogen-bond donors (Lipinski definition) is 1. The van der Waals surface area contributed by atoms with Crippen molar-refractivity contribution < 1.29 is 26.9 Å². The quantitative estimate of drug-likeness (QED) is 0.779. The normalized spacial score (nSPS) is 29.7. The molecule has 0 aromatic heterocycles. The highest BCUT2D eigenvalue weighted by molar-refractivity contribution is 7.86. The third-order valence-electron chi connectivity index (χ3n) is 4.05. The lowest BCUT2D eigenvalue weighted by Gasteiger charge is -2.28. The zero-order valence-corrected chi connectivity index (χ0v) is 15.0. The summed E-state index contributed by atoms with van der Waals surface area (Å²) < 4.78 is 39.1. The lowest BCUT2D eigenvalue weighted by molar-refractivity contribution is 0.0332. The summed E-state index contributed by atoms with van der Waals surface area (Å²) >= 11 is 0. The van der Waals surface area contributed by atoms with Gasteiger partial charge >= 0.3 is 6.09 Å². The second-order valence-electron chi connectivity index (χ2n) is 7.35. The average Bonchev–Trinajstić information content (AvgIpc) is 2.95. The minimum atomic E-state index is -3.63. The Hall–Kier alpha value is -0.860. The third kappa shape index (κ3) is 5.61. The fourth-order valence-corrected chi connectivity index (χ4v) is 3.90. The van der Waals surface area contributed by atoms with Crippen LogP contribution in [0.15, 0.2) is 0 Å². The van der Waals surface area contributed by atoms with Crippen LogP contribution >= 0.6 is 0 Å². The van der Waals surface area contributed by atoms with E-state index in [0.29, 0.717) is 5.92 Å². The van der Waals surface area contributed by atoms with E-state index in [1.54, 1.807) is 20.8 Å². The Balaban J connectivity index is 2.09. The van der Waals surface area contributed by atoms with Gasteiger partial charge in [0.15, 0.2) is 0 Å². The molecule has 3 atom stereocenters. The van der Waals surface area contributed by atoms with Gasteiger partial charge in [0.2, 0.25) is 0 Å². The van der Waals surface area contributed by atoms with Crippen LogP contribution in [-0.4, -0.2) is 51.2 Å². The molecule has 0 aromatic rings. The number of hydrogen-bond acceptors (Lipinski definition) is 6. The molecule has 0 bridgehead atoms. The van der Waals surface area contributed by atoms with Crippen molar-refractivity contribution in [1.29, 1.82) is 0 Å². The highest BCUT2D eigenvalue weighted by Gasteiger charge is 2.45. The molecule has 1 N–H and O–H groups in total. The monoisotopic (exact) mass is 349 g/mol. The first kappa shape index (κ1) is 18.5. The van der Waals surface area contributed by atoms with Crippen molar-refractivity contribution in [2.24, 2.45) is 5.92 Å². The molecule has 1 aliphatic carbocycles. The van der Waals surface area contributed by atoms with Crippen molar-refractivity contribution in [3.63, 3.8) is 0 Å². The summed E-state index contributed by atoms with van der Waals surface area (Å²) in [5.74, 6) is 0.308. The van der Waals surface area contributed by atoms with Crippen molar-refractivity contribution in [3.05, 3.63) is 0 Å². The summed E-state index contributed by atoms with van der Waals surface area (Å²) in [5, 5.41) is 2.76. The Bertz CT molecular complexity index is 521. The van der Waals surface area contributed by atoms with E-state index in [0.717, 1.165) is 31.9 Å². The lowest BCUT2D eigenvalue weighted by Crippen LogP contribution is -2.51. The average molecular weight is 349 g/mol. The van der Waals surface area contributed by atoms with Crippen molar-refractivity contribution in [1.82, 2.24) is 5.32 Å². The third-order valence-corrected chi connectivity index (χ3v) is 4.65. The van der Waals surface area contributed by atoms with Gasteiger partial charge < -0.3 is 14.8 Å². The largest absolute Gasteiger partial charge is 0.444 e. The van der Waals surface area contributed by atoms with Crippen LogP contribution in [0.1, 0.15) is 46.5 Å². The Morgan fingerprint density at radius 2 is 1.83 bits per heavy atom. The van der Waals surface area contributed by atoms with Gasteiger partial charge in [-0.1, -0.05) is 12.8 Å². The van der Waals surface area contributed by atoms with E-state index < -0.39 is 34.0 Å². The van der Waals surface area contributed by atoms with Crippen LogP contribution in [0.3, 0.4) is 0 Å². The van der Waals surface area contributed by atoms with Crippen molar-refractivity contribution in [3.8, 4) is 0 Å². The predicted octanol–water partition coefficient (Wildman–Crippen LogP) is 1.81. The van der Waals surface area contributed by atoms with E-state index in [-0.39, 0.29) is 12.7 Å². The SMILES string of the molecule is CC(C)(C)OC(=O)N[C@H]1C(C2CCCC2)OC[C@@H]1OS(C)(=O)=O. The minimum Gasteiger partial charge on any atom is -0.444 e. The molecule has 0 radical (unpaired) electrons. The van der Waals surface area contributed by atoms with E-state index in [4.69, 9.17) is 13.7 Å². The maximum absolute atomic E-state index is 12.1. The first-order chi connectivity index (χ1) is 10.6. The van der Waals surface area contributed by atoms with Gasteiger partial charge in [0, 0.05) is 0 Å². The van der Waals surface area contributed by atoms with E-state index in [1.165, 1.54) is 0 Å². The Morgan fingerprint density at radius 1 is 1.22 bits per heavy atom. The topological polar surface area (TPSA) is 90.9 Å². The van der Waals surface area contributed by atoms with Crippen LogP contribution in [0.2, 0.25) is 0 Å². The summed E-state index contributed by atoms with van der Waals surface area (Å²) in [6.45, 7) is 5.47. The summed E-state index contributed by atoms with van der Waals surface area (Å²) in [6, 6.07) is -0.525. The van der Waals surface area contributed by atoms with Gasteiger partial charge in [0.1, 0.15) is 11.7 Å². The van der Waals surface area contributed by atoms with Crippen LogP contribution in [0.4, 0.5) is 4.79 Å². The number of ether oxygens (including phenoxy) is 2. The number of carbonyl (C=O) groups excluding carboxylic acids is 1. The van der Waals surface area contributed by atoms with E-state index in [1.807, 2.05) is 0 Å². The molecule has 2 fully saturated rings. The van der Waals surface area contributed by atoms with Gasteiger partial charge in [-0.05, 0) is 39.5 Å². The van der Waals surface area contributed by atoms with E-state index >= 15 is 0 Å². The fraction of sp³-hybridized carbons (Fsp3) is 0.933. The van der Waals surface area contributed by atoms with Crippen LogP contribution < -0.4 is 5.32 Å². The molecule has 1 saturated carbocycles. The Kier molecular flexibility index (Phi) is 5.58. The van der Waals surface area contributed by atoms with Gasteiger partial charge in [-0.3, -0.25) is 4.18 Å². The Morgan fingerprint density at radius 3 is 2.35 bits per heavy atom. The molecule has 1 heterocycles. The number of carbonyl (C=O) groups is 1. The molecule has 2 aliphatic rings. The first-order valence-electron chi connectivity index (χ1n) is 8.04. The number of amides is 1. The standard InChI is InChI=1S/C15H27NO6S/c1-15(2,3)21-14(17)16-12-11(22-23(4,18)19)9-20-13(12)10-7-5-6-8-10/h10-13H,5-9H2,1-4H3,(H,16,17)/t11-,12+,13?/m0/s1. The maximum Gasteiger partial charge on any atom is 0.408 e. The highest BCUT2D eigenvalue weighted by atomic mass is 32.2. The molecule has 1 amide bonds. The van der Waals surface area contributed by atoms with E-state index in [9.17, 15) is 13.2 Å². The highest BCUT2D eigenvalue weighted by Crippen LogP contribution is 2.35.